The van der Waals surface area contributed by atoms with E-state index in [1.165, 1.54) is 38.8 Å². The minimum Gasteiger partial charge on any atom is -0.512 e. The molecule has 1 N–H and O–H groups in total. The van der Waals surface area contributed by atoms with Crippen molar-refractivity contribution in [2.75, 3.05) is 0 Å². The molecule has 0 amide bonds. The number of nitrogens with zero attached hydrogens (tertiary/aromatic N) is 2. The van der Waals surface area contributed by atoms with Crippen LogP contribution >= 0.6 is 0 Å². The molecule has 0 bridgehead atoms. The van der Waals surface area contributed by atoms with Crippen LogP contribution in [0.25, 0.3) is 49.0 Å². The topological polar surface area (TPSA) is 54.6 Å². The summed E-state index contributed by atoms with van der Waals surface area (Å²) in [5, 5.41) is 15.6. The van der Waals surface area contributed by atoms with Gasteiger partial charge < -0.3 is 9.51 Å². The average molecular weight is 736 g/mol. The molecule has 0 aliphatic rings. The van der Waals surface area contributed by atoms with Gasteiger partial charge >= 0.3 is 0 Å². The van der Waals surface area contributed by atoms with E-state index in [9.17, 15) is 9.90 Å². The number of aliphatic hydroxyl groups excluding tert-OH is 1. The number of allylic oxidation sites excluding steroid dienone is 2. The largest absolute Gasteiger partial charge is 0.512 e. The molecule has 0 unspecified atom stereocenters. The summed E-state index contributed by atoms with van der Waals surface area (Å²) < 4.78 is 2.38. The van der Waals surface area contributed by atoms with Crippen molar-refractivity contribution < 1.29 is 30.0 Å². The number of para-hydroxylation sites is 1. The van der Waals surface area contributed by atoms with E-state index in [-0.39, 0.29) is 43.5 Å². The van der Waals surface area contributed by atoms with E-state index in [1.807, 2.05) is 40.0 Å². The molecule has 3 heterocycles. The van der Waals surface area contributed by atoms with Crippen LogP contribution in [-0.4, -0.2) is 20.3 Å². The quantitative estimate of drug-likeness (QED) is 0.0584. The molecule has 0 atom stereocenters. The third-order valence-electron chi connectivity index (χ3n) is 8.52. The Balaban J connectivity index is 0.000000221. The maximum atomic E-state index is 11.7. The molecule has 42 heavy (non-hydrogen) atoms. The Morgan fingerprint density at radius 1 is 0.881 bits per heavy atom. The SMILES string of the molecule is CCC(CC)C(=O)/C=C(\O)C(CC)CC.Cc1c2ccccc2n2c3cc4ccccc4[c-]c3c3ncccc3c12.[Ir]. The van der Waals surface area contributed by atoms with Crippen molar-refractivity contribution >= 4 is 54.8 Å². The maximum absolute atomic E-state index is 11.7. The monoisotopic (exact) mass is 736 g/mol. The first kappa shape index (κ1) is 31.4. The average Bonchev–Trinajstić information content (AvgIpc) is 3.30. The minimum absolute atomic E-state index is 0. The van der Waals surface area contributed by atoms with Gasteiger partial charge in [0.15, 0.2) is 5.78 Å². The van der Waals surface area contributed by atoms with Gasteiger partial charge in [-0.3, -0.25) is 9.78 Å². The summed E-state index contributed by atoms with van der Waals surface area (Å²) >= 11 is 0. The van der Waals surface area contributed by atoms with Crippen LogP contribution < -0.4 is 0 Å². The smallest absolute Gasteiger partial charge is 0.162 e. The molecule has 0 aliphatic carbocycles. The van der Waals surface area contributed by atoms with Crippen LogP contribution in [0.1, 0.15) is 58.9 Å². The van der Waals surface area contributed by atoms with Gasteiger partial charge in [0.2, 0.25) is 0 Å². The number of ketones is 1. The van der Waals surface area contributed by atoms with E-state index in [1.54, 1.807) is 0 Å². The zero-order valence-corrected chi connectivity index (χ0v) is 27.5. The molecule has 219 valence electrons. The molecule has 5 heteroatoms. The van der Waals surface area contributed by atoms with Crippen LogP contribution in [0.15, 0.2) is 84.8 Å². The number of pyridine rings is 2. The Kier molecular flexibility index (Phi) is 10.2. The molecule has 6 aromatic rings. The van der Waals surface area contributed by atoms with Crippen LogP contribution in [-0.2, 0) is 24.9 Å². The second-order valence-corrected chi connectivity index (χ2v) is 10.8. The molecule has 0 aliphatic heterocycles. The number of aliphatic hydroxyl groups is 1. The van der Waals surface area contributed by atoms with Crippen LogP contribution in [0.2, 0.25) is 0 Å². The molecule has 0 saturated carbocycles. The Morgan fingerprint density at radius 2 is 1.52 bits per heavy atom. The van der Waals surface area contributed by atoms with Crippen molar-refractivity contribution in [2.45, 2.75) is 60.3 Å². The van der Waals surface area contributed by atoms with Crippen LogP contribution in [0.5, 0.6) is 0 Å². The van der Waals surface area contributed by atoms with Crippen molar-refractivity contribution in [3.05, 3.63) is 96.4 Å². The molecule has 4 nitrogen and oxygen atoms in total. The molecule has 1 radical (unpaired) electrons. The molecular formula is C37H39IrN2O2-. The van der Waals surface area contributed by atoms with E-state index in [2.05, 4.69) is 78.1 Å². The normalized spacial score (nSPS) is 11.9. The van der Waals surface area contributed by atoms with Crippen molar-refractivity contribution in [1.29, 1.82) is 0 Å². The van der Waals surface area contributed by atoms with Crippen LogP contribution in [0.4, 0.5) is 0 Å². The first-order valence-corrected chi connectivity index (χ1v) is 14.9. The van der Waals surface area contributed by atoms with E-state index in [0.29, 0.717) is 0 Å². The fourth-order valence-corrected chi connectivity index (χ4v) is 6.06. The zero-order valence-electron chi connectivity index (χ0n) is 25.1. The van der Waals surface area contributed by atoms with Crippen molar-refractivity contribution in [1.82, 2.24) is 9.38 Å². The zero-order chi connectivity index (χ0) is 29.1. The summed E-state index contributed by atoms with van der Waals surface area (Å²) in [7, 11) is 0. The van der Waals surface area contributed by atoms with Gasteiger partial charge in [-0.25, -0.2) is 0 Å². The van der Waals surface area contributed by atoms with Gasteiger partial charge in [-0.15, -0.1) is 17.5 Å². The number of hydrogen-bond acceptors (Lipinski definition) is 3. The predicted octanol–water partition coefficient (Wildman–Crippen LogP) is 9.92. The second kappa shape index (κ2) is 13.6. The van der Waals surface area contributed by atoms with E-state index >= 15 is 0 Å². The Bertz CT molecular complexity index is 1900. The maximum Gasteiger partial charge on any atom is 0.162 e. The number of aryl methyl sites for hydroxylation is 1. The molecule has 3 aromatic heterocycles. The third-order valence-corrected chi connectivity index (χ3v) is 8.52. The summed E-state index contributed by atoms with van der Waals surface area (Å²) in [5.74, 6) is 0.547. The number of fused-ring (bicyclic) bond motifs is 9. The van der Waals surface area contributed by atoms with E-state index in [4.69, 9.17) is 4.98 Å². The van der Waals surface area contributed by atoms with Crippen molar-refractivity contribution in [2.24, 2.45) is 11.8 Å². The molecule has 0 spiro atoms. The van der Waals surface area contributed by atoms with Gasteiger partial charge in [0.1, 0.15) is 0 Å². The van der Waals surface area contributed by atoms with Crippen LogP contribution in [0, 0.1) is 24.8 Å². The second-order valence-electron chi connectivity index (χ2n) is 10.8. The molecule has 6 rings (SSSR count). The Morgan fingerprint density at radius 3 is 2.24 bits per heavy atom. The number of carbonyl (C=O) groups is 1. The molecule has 0 saturated heterocycles. The number of benzene rings is 3. The third kappa shape index (κ3) is 5.73. The first-order chi connectivity index (χ1) is 19.9. The molecular weight excluding hydrogens is 697 g/mol. The van der Waals surface area contributed by atoms with Gasteiger partial charge in [0.05, 0.1) is 5.76 Å². The predicted molar refractivity (Wildman–Crippen MR) is 173 cm³/mol. The Hall–Kier alpha value is -3.53. The Labute approximate surface area is 261 Å². The summed E-state index contributed by atoms with van der Waals surface area (Å²) in [4.78, 5) is 16.4. The van der Waals surface area contributed by atoms with Gasteiger partial charge in [0.25, 0.3) is 0 Å². The number of rotatable bonds is 7. The number of carbonyl (C=O) groups excluding carboxylic acids is 1. The minimum atomic E-state index is 0. The summed E-state index contributed by atoms with van der Waals surface area (Å²) in [6.07, 6.45) is 6.78. The molecule has 0 fully saturated rings. The summed E-state index contributed by atoms with van der Waals surface area (Å²) in [6, 6.07) is 27.1. The van der Waals surface area contributed by atoms with Gasteiger partial charge in [-0.05, 0) is 61.2 Å². The number of hydrogen-bond donors (Lipinski definition) is 1. The summed E-state index contributed by atoms with van der Waals surface area (Å²) in [5.41, 5.74) is 5.96. The fraction of sp³-hybridized carbons (Fsp3) is 0.297. The fourth-order valence-electron chi connectivity index (χ4n) is 6.06. The van der Waals surface area contributed by atoms with Crippen molar-refractivity contribution in [3.63, 3.8) is 0 Å². The van der Waals surface area contributed by atoms with Crippen molar-refractivity contribution in [3.8, 4) is 0 Å². The number of aromatic nitrogens is 2. The first-order valence-electron chi connectivity index (χ1n) is 14.9. The van der Waals surface area contributed by atoms with Gasteiger partial charge in [-0.1, -0.05) is 87.0 Å². The van der Waals surface area contributed by atoms with Gasteiger partial charge in [-0.2, -0.15) is 0 Å². The standard InChI is InChI=1S/C24H15N2.C13H24O2.Ir/c1-15-18-9-4-5-11-21(18)26-22-14-17-8-3-2-7-16(17)13-20(22)23-19(24(15)26)10-6-12-25-23;1-5-10(6-2)12(14)9-13(15)11(7-3)8-4;/h2-12,14H,1H3;9-11,14H,5-8H2,1-4H3;/q-1;;/b;12-9-;. The molecule has 3 aromatic carbocycles. The summed E-state index contributed by atoms with van der Waals surface area (Å²) in [6.45, 7) is 10.3. The van der Waals surface area contributed by atoms with E-state index in [0.717, 1.165) is 47.5 Å². The van der Waals surface area contributed by atoms with Crippen LogP contribution in [0.3, 0.4) is 0 Å². The van der Waals surface area contributed by atoms with E-state index < -0.39 is 0 Å². The van der Waals surface area contributed by atoms with Gasteiger partial charge in [0, 0.05) is 66.2 Å².